The monoisotopic (exact) mass is 429 g/mol. The van der Waals surface area contributed by atoms with Gasteiger partial charge in [-0.3, -0.25) is 14.4 Å². The molecule has 5 atom stereocenters. The average Bonchev–Trinajstić information content (AvgIpc) is 3.50. The standard InChI is InChI=1S/C24H35N3O4/c1-14(2)27-20(22(29)26-16-8-4-3-5-9-16)24-13-12-17(31-24)18(19(24)23(27)30)21(28)25-15-10-6-7-11-15/h12-20H,3-11H2,1-2H3,(H,25,28)(H,26,29). The summed E-state index contributed by atoms with van der Waals surface area (Å²) in [5, 5.41) is 6.38. The zero-order valence-electron chi connectivity index (χ0n) is 18.6. The van der Waals surface area contributed by atoms with Gasteiger partial charge in [0.1, 0.15) is 11.6 Å². The van der Waals surface area contributed by atoms with E-state index in [2.05, 4.69) is 10.6 Å². The number of nitrogens with zero attached hydrogens (tertiary/aromatic N) is 1. The molecular formula is C24H35N3O4. The lowest BCUT2D eigenvalue weighted by molar-refractivity contribution is -0.144. The number of amides is 3. The lowest BCUT2D eigenvalue weighted by Crippen LogP contribution is -2.57. The van der Waals surface area contributed by atoms with Gasteiger partial charge in [0.05, 0.1) is 17.9 Å². The van der Waals surface area contributed by atoms with Gasteiger partial charge in [0, 0.05) is 18.1 Å². The van der Waals surface area contributed by atoms with Gasteiger partial charge < -0.3 is 20.3 Å². The van der Waals surface area contributed by atoms with E-state index in [4.69, 9.17) is 4.74 Å². The van der Waals surface area contributed by atoms with Gasteiger partial charge in [-0.1, -0.05) is 44.3 Å². The predicted molar refractivity (Wildman–Crippen MR) is 115 cm³/mol. The third kappa shape index (κ3) is 3.31. The first kappa shape index (κ1) is 21.0. The van der Waals surface area contributed by atoms with Crippen LogP contribution in [0.25, 0.3) is 0 Å². The summed E-state index contributed by atoms with van der Waals surface area (Å²) in [5.74, 6) is -1.56. The molecule has 5 rings (SSSR count). The summed E-state index contributed by atoms with van der Waals surface area (Å²) in [5.41, 5.74) is -1.04. The van der Waals surface area contributed by atoms with E-state index in [1.54, 1.807) is 4.90 Å². The summed E-state index contributed by atoms with van der Waals surface area (Å²) < 4.78 is 6.36. The maximum absolute atomic E-state index is 13.6. The van der Waals surface area contributed by atoms with Gasteiger partial charge in [0.25, 0.3) is 0 Å². The molecule has 2 saturated carbocycles. The molecule has 1 spiro atoms. The fourth-order valence-corrected chi connectivity index (χ4v) is 6.66. The van der Waals surface area contributed by atoms with Crippen LogP contribution >= 0.6 is 0 Å². The molecule has 2 saturated heterocycles. The number of hydrogen-bond acceptors (Lipinski definition) is 4. The molecule has 7 heteroatoms. The van der Waals surface area contributed by atoms with Crippen molar-refractivity contribution < 1.29 is 19.1 Å². The predicted octanol–water partition coefficient (Wildman–Crippen LogP) is 2.05. The van der Waals surface area contributed by atoms with Crippen molar-refractivity contribution in [3.63, 3.8) is 0 Å². The number of carbonyl (C=O) groups is 3. The van der Waals surface area contributed by atoms with Crippen LogP contribution in [-0.4, -0.2) is 58.5 Å². The minimum atomic E-state index is -1.04. The van der Waals surface area contributed by atoms with Gasteiger partial charge in [0.15, 0.2) is 0 Å². The molecule has 7 nitrogen and oxygen atoms in total. The van der Waals surface area contributed by atoms with E-state index in [0.717, 1.165) is 51.4 Å². The molecule has 0 aromatic rings. The molecule has 3 heterocycles. The van der Waals surface area contributed by atoms with Crippen molar-refractivity contribution >= 4 is 17.7 Å². The molecule has 2 aliphatic carbocycles. The van der Waals surface area contributed by atoms with Crippen LogP contribution in [0.2, 0.25) is 0 Å². The molecule has 0 aromatic heterocycles. The van der Waals surface area contributed by atoms with Gasteiger partial charge in [-0.25, -0.2) is 0 Å². The van der Waals surface area contributed by atoms with Crippen LogP contribution in [0.1, 0.15) is 71.6 Å². The normalized spacial score (nSPS) is 37.6. The van der Waals surface area contributed by atoms with Crippen LogP contribution in [0.3, 0.4) is 0 Å². The lowest BCUT2D eigenvalue weighted by Gasteiger charge is -2.35. The molecule has 3 aliphatic heterocycles. The molecule has 2 bridgehead atoms. The van der Waals surface area contributed by atoms with Crippen molar-refractivity contribution in [3.8, 4) is 0 Å². The zero-order chi connectivity index (χ0) is 21.8. The Morgan fingerprint density at radius 2 is 1.58 bits per heavy atom. The van der Waals surface area contributed by atoms with Crippen LogP contribution in [0.4, 0.5) is 0 Å². The number of ether oxygens (including phenoxy) is 1. The molecule has 5 aliphatic rings. The highest BCUT2D eigenvalue weighted by atomic mass is 16.5. The fraction of sp³-hybridized carbons (Fsp3) is 0.792. The second-order valence-corrected chi connectivity index (χ2v) is 10.4. The van der Waals surface area contributed by atoms with Gasteiger partial charge in [-0.2, -0.15) is 0 Å². The minimum absolute atomic E-state index is 0.0986. The Balaban J connectivity index is 1.42. The molecule has 170 valence electrons. The lowest BCUT2D eigenvalue weighted by atomic mass is 9.74. The van der Waals surface area contributed by atoms with Crippen LogP contribution in [0.5, 0.6) is 0 Å². The van der Waals surface area contributed by atoms with Crippen molar-refractivity contribution in [3.05, 3.63) is 12.2 Å². The molecule has 31 heavy (non-hydrogen) atoms. The molecular weight excluding hydrogens is 394 g/mol. The van der Waals surface area contributed by atoms with Crippen molar-refractivity contribution in [2.45, 2.75) is 108 Å². The highest BCUT2D eigenvalue weighted by Gasteiger charge is 2.73. The molecule has 0 radical (unpaired) electrons. The number of fused-ring (bicyclic) bond motifs is 1. The molecule has 4 fully saturated rings. The van der Waals surface area contributed by atoms with E-state index in [9.17, 15) is 14.4 Å². The number of carbonyl (C=O) groups excluding carboxylic acids is 3. The molecule has 2 N–H and O–H groups in total. The van der Waals surface area contributed by atoms with Gasteiger partial charge in [-0.15, -0.1) is 0 Å². The largest absolute Gasteiger partial charge is 0.359 e. The first-order valence-corrected chi connectivity index (χ1v) is 12.2. The average molecular weight is 430 g/mol. The van der Waals surface area contributed by atoms with Crippen molar-refractivity contribution in [2.24, 2.45) is 11.8 Å². The quantitative estimate of drug-likeness (QED) is 0.655. The van der Waals surface area contributed by atoms with E-state index in [-0.39, 0.29) is 35.8 Å². The summed E-state index contributed by atoms with van der Waals surface area (Å²) in [4.78, 5) is 42.1. The van der Waals surface area contributed by atoms with Crippen molar-refractivity contribution in [1.82, 2.24) is 15.5 Å². The maximum Gasteiger partial charge on any atom is 0.246 e. The molecule has 3 amide bonds. The second kappa shape index (κ2) is 7.91. The number of nitrogens with one attached hydrogen (secondary N) is 2. The summed E-state index contributed by atoms with van der Waals surface area (Å²) in [6, 6.07) is -0.527. The fourth-order valence-electron chi connectivity index (χ4n) is 6.66. The Labute approximate surface area is 184 Å². The van der Waals surface area contributed by atoms with E-state index in [0.29, 0.717) is 0 Å². The number of rotatable bonds is 5. The zero-order valence-corrected chi connectivity index (χ0v) is 18.6. The Morgan fingerprint density at radius 1 is 1.00 bits per heavy atom. The van der Waals surface area contributed by atoms with Crippen LogP contribution in [0.15, 0.2) is 12.2 Å². The third-order valence-corrected chi connectivity index (χ3v) is 8.07. The third-order valence-electron chi connectivity index (χ3n) is 8.07. The summed E-state index contributed by atoms with van der Waals surface area (Å²) in [6.07, 6.45) is 13.0. The topological polar surface area (TPSA) is 87.7 Å². The Morgan fingerprint density at radius 3 is 2.19 bits per heavy atom. The number of likely N-dealkylation sites (tertiary alicyclic amines) is 1. The number of hydrogen-bond donors (Lipinski definition) is 2. The Hall–Kier alpha value is -1.89. The van der Waals surface area contributed by atoms with Crippen molar-refractivity contribution in [1.29, 1.82) is 0 Å². The summed E-state index contributed by atoms with van der Waals surface area (Å²) >= 11 is 0. The van der Waals surface area contributed by atoms with Crippen LogP contribution in [-0.2, 0) is 19.1 Å². The van der Waals surface area contributed by atoms with Crippen LogP contribution in [0, 0.1) is 11.8 Å². The van der Waals surface area contributed by atoms with Gasteiger partial charge in [-0.05, 0) is 39.5 Å². The second-order valence-electron chi connectivity index (χ2n) is 10.4. The first-order valence-electron chi connectivity index (χ1n) is 12.2. The highest BCUT2D eigenvalue weighted by Crippen LogP contribution is 2.55. The van der Waals surface area contributed by atoms with E-state index < -0.39 is 29.6 Å². The van der Waals surface area contributed by atoms with Crippen molar-refractivity contribution in [2.75, 3.05) is 0 Å². The van der Waals surface area contributed by atoms with E-state index >= 15 is 0 Å². The highest BCUT2D eigenvalue weighted by molar-refractivity contribution is 6.00. The molecule has 5 unspecified atom stereocenters. The van der Waals surface area contributed by atoms with E-state index in [1.165, 1.54) is 6.42 Å². The Kier molecular flexibility index (Phi) is 5.35. The Bertz CT molecular complexity index is 784. The smallest absolute Gasteiger partial charge is 0.246 e. The van der Waals surface area contributed by atoms with Gasteiger partial charge in [0.2, 0.25) is 17.7 Å². The summed E-state index contributed by atoms with van der Waals surface area (Å²) in [6.45, 7) is 3.86. The van der Waals surface area contributed by atoms with E-state index in [1.807, 2.05) is 26.0 Å². The van der Waals surface area contributed by atoms with Crippen LogP contribution < -0.4 is 10.6 Å². The maximum atomic E-state index is 13.6. The van der Waals surface area contributed by atoms with Gasteiger partial charge >= 0.3 is 0 Å². The molecule has 0 aromatic carbocycles. The summed E-state index contributed by atoms with van der Waals surface area (Å²) in [7, 11) is 0. The SMILES string of the molecule is CC(C)N1C(=O)C2C(C(=O)NC3CCCC3)C3C=CC2(O3)C1C(=O)NC1CCCCC1. The minimum Gasteiger partial charge on any atom is -0.359 e. The first-order chi connectivity index (χ1) is 14.9.